The van der Waals surface area contributed by atoms with Crippen LogP contribution in [-0.4, -0.2) is 23.1 Å². The summed E-state index contributed by atoms with van der Waals surface area (Å²) in [6.45, 7) is 6.19. The van der Waals surface area contributed by atoms with Crippen molar-refractivity contribution >= 4 is 58.0 Å². The Morgan fingerprint density at radius 2 is 0.889 bits per heavy atom. The third-order valence-electron chi connectivity index (χ3n) is 6.42. The molecule has 194 valence electrons. The number of nitrogens with one attached hydrogen (secondary N) is 2. The third kappa shape index (κ3) is 8.53. The summed E-state index contributed by atoms with van der Waals surface area (Å²) in [6, 6.07) is 21.1. The van der Waals surface area contributed by atoms with Gasteiger partial charge in [-0.3, -0.25) is 9.97 Å². The molecule has 36 heavy (non-hydrogen) atoms. The summed E-state index contributed by atoms with van der Waals surface area (Å²) >= 11 is 0. The number of rotatable bonds is 13. The Morgan fingerprint density at radius 1 is 0.528 bits per heavy atom. The molecule has 0 fully saturated rings. The number of hydrogen-bond donors (Lipinski definition) is 2. The lowest BCUT2D eigenvalue weighted by molar-refractivity contribution is 0.577. The lowest BCUT2D eigenvalue weighted by Crippen LogP contribution is -2.03. The molecule has 2 N–H and O–H groups in total. The standard InChI is InChI=1S/C30H38N4.2ClH/c1-23-21-29(25-15-9-11-17-27(25)33-23)31-19-13-7-5-3-4-6-8-14-20-32-30-22-24(2)34-28-18-12-10-16-26(28)30;;/h9-12,15-18,21-22H,3-8,13-14,19-20H2,1-2H3,(H,31,33)(H,32,34);2*1H. The Bertz CT molecular complexity index is 1120. The number of para-hydroxylation sites is 2. The topological polar surface area (TPSA) is 49.8 Å². The Labute approximate surface area is 228 Å². The van der Waals surface area contributed by atoms with Crippen molar-refractivity contribution in [2.75, 3.05) is 23.7 Å². The van der Waals surface area contributed by atoms with E-state index in [1.54, 1.807) is 0 Å². The average Bonchev–Trinajstić information content (AvgIpc) is 2.84. The van der Waals surface area contributed by atoms with E-state index in [4.69, 9.17) is 0 Å². The second kappa shape index (κ2) is 15.5. The summed E-state index contributed by atoms with van der Waals surface area (Å²) in [5, 5.41) is 9.70. The smallest absolute Gasteiger partial charge is 0.0725 e. The third-order valence-corrected chi connectivity index (χ3v) is 6.42. The lowest BCUT2D eigenvalue weighted by atomic mass is 10.1. The van der Waals surface area contributed by atoms with Gasteiger partial charge >= 0.3 is 0 Å². The van der Waals surface area contributed by atoms with E-state index in [0.29, 0.717) is 0 Å². The van der Waals surface area contributed by atoms with Crippen LogP contribution in [0.1, 0.15) is 62.8 Å². The van der Waals surface area contributed by atoms with Gasteiger partial charge in [0.05, 0.1) is 11.0 Å². The molecule has 2 heterocycles. The van der Waals surface area contributed by atoms with Crippen molar-refractivity contribution in [1.29, 1.82) is 0 Å². The molecule has 4 rings (SSSR count). The first-order chi connectivity index (χ1) is 16.7. The predicted molar refractivity (Wildman–Crippen MR) is 161 cm³/mol. The van der Waals surface area contributed by atoms with E-state index >= 15 is 0 Å². The molecule has 2 aromatic heterocycles. The highest BCUT2D eigenvalue weighted by Crippen LogP contribution is 2.24. The normalized spacial score (nSPS) is 10.6. The molecular weight excluding hydrogens is 487 g/mol. The molecule has 6 heteroatoms. The predicted octanol–water partition coefficient (Wildman–Crippen LogP) is 8.89. The van der Waals surface area contributed by atoms with Crippen molar-refractivity contribution in [3.63, 3.8) is 0 Å². The molecule has 0 aliphatic carbocycles. The summed E-state index contributed by atoms with van der Waals surface area (Å²) in [5.41, 5.74) is 6.72. The number of nitrogens with zero attached hydrogens (tertiary/aromatic N) is 2. The number of halogens is 2. The maximum absolute atomic E-state index is 4.63. The highest BCUT2D eigenvalue weighted by Gasteiger charge is 2.04. The number of pyridine rings is 2. The van der Waals surface area contributed by atoms with Crippen LogP contribution in [0.2, 0.25) is 0 Å². The lowest BCUT2D eigenvalue weighted by Gasteiger charge is -2.11. The molecular formula is C30H40Cl2N4. The molecule has 0 bridgehead atoms. The Hall–Kier alpha value is -2.56. The van der Waals surface area contributed by atoms with Gasteiger partial charge in [-0.2, -0.15) is 0 Å². The SMILES string of the molecule is Cc1cc(NCCCCCCCCCCNc2cc(C)nc3ccccc23)c2ccccc2n1.Cl.Cl. The molecule has 0 saturated carbocycles. The van der Waals surface area contributed by atoms with Crippen LogP contribution in [0.3, 0.4) is 0 Å². The van der Waals surface area contributed by atoms with Gasteiger partial charge in [-0.25, -0.2) is 0 Å². The highest BCUT2D eigenvalue weighted by atomic mass is 35.5. The van der Waals surface area contributed by atoms with E-state index in [0.717, 1.165) is 35.5 Å². The van der Waals surface area contributed by atoms with E-state index in [-0.39, 0.29) is 24.8 Å². The highest BCUT2D eigenvalue weighted by molar-refractivity contribution is 5.92. The van der Waals surface area contributed by atoms with E-state index in [9.17, 15) is 0 Å². The number of anilines is 2. The summed E-state index contributed by atoms with van der Waals surface area (Å²) in [7, 11) is 0. The zero-order valence-electron chi connectivity index (χ0n) is 21.6. The molecule has 0 spiro atoms. The van der Waals surface area contributed by atoms with Gasteiger partial charge in [0.1, 0.15) is 0 Å². The van der Waals surface area contributed by atoms with Crippen LogP contribution in [0.25, 0.3) is 21.8 Å². The molecule has 0 radical (unpaired) electrons. The van der Waals surface area contributed by atoms with Crippen LogP contribution in [-0.2, 0) is 0 Å². The van der Waals surface area contributed by atoms with Crippen molar-refractivity contribution < 1.29 is 0 Å². The molecule has 0 aliphatic heterocycles. The number of hydrogen-bond acceptors (Lipinski definition) is 4. The Balaban J connectivity index is 0.00000228. The van der Waals surface area contributed by atoms with Crippen molar-refractivity contribution in [3.8, 4) is 0 Å². The minimum Gasteiger partial charge on any atom is -0.384 e. The van der Waals surface area contributed by atoms with Crippen LogP contribution >= 0.6 is 24.8 Å². The number of aromatic nitrogens is 2. The molecule has 0 amide bonds. The fourth-order valence-corrected chi connectivity index (χ4v) is 4.66. The number of fused-ring (bicyclic) bond motifs is 2. The summed E-state index contributed by atoms with van der Waals surface area (Å²) in [5.74, 6) is 0. The van der Waals surface area contributed by atoms with Gasteiger partial charge in [-0.15, -0.1) is 24.8 Å². The molecule has 4 nitrogen and oxygen atoms in total. The molecule has 0 atom stereocenters. The first kappa shape index (κ1) is 29.7. The zero-order chi connectivity index (χ0) is 23.6. The average molecular weight is 528 g/mol. The van der Waals surface area contributed by atoms with Gasteiger partial charge in [0.2, 0.25) is 0 Å². The van der Waals surface area contributed by atoms with Crippen molar-refractivity contribution in [1.82, 2.24) is 9.97 Å². The van der Waals surface area contributed by atoms with Gasteiger partial charge in [-0.1, -0.05) is 74.9 Å². The van der Waals surface area contributed by atoms with Crippen LogP contribution in [0.15, 0.2) is 60.7 Å². The van der Waals surface area contributed by atoms with E-state index < -0.39 is 0 Å². The number of unbranched alkanes of at least 4 members (excludes halogenated alkanes) is 7. The monoisotopic (exact) mass is 526 g/mol. The van der Waals surface area contributed by atoms with Crippen LogP contribution in [0.4, 0.5) is 11.4 Å². The molecule has 2 aromatic carbocycles. The fourth-order valence-electron chi connectivity index (χ4n) is 4.66. The van der Waals surface area contributed by atoms with Crippen molar-refractivity contribution in [2.45, 2.75) is 65.2 Å². The van der Waals surface area contributed by atoms with Gasteiger partial charge in [-0.05, 0) is 51.0 Å². The van der Waals surface area contributed by atoms with E-state index in [1.807, 2.05) is 0 Å². The largest absolute Gasteiger partial charge is 0.384 e. The first-order valence-corrected chi connectivity index (χ1v) is 12.9. The summed E-state index contributed by atoms with van der Waals surface area (Å²) in [6.07, 6.45) is 10.4. The van der Waals surface area contributed by atoms with Crippen molar-refractivity contribution in [2.24, 2.45) is 0 Å². The van der Waals surface area contributed by atoms with Gasteiger partial charge in [0.15, 0.2) is 0 Å². The molecule has 0 aliphatic rings. The van der Waals surface area contributed by atoms with Crippen LogP contribution < -0.4 is 10.6 Å². The van der Waals surface area contributed by atoms with Gasteiger partial charge in [0.25, 0.3) is 0 Å². The van der Waals surface area contributed by atoms with Gasteiger partial charge in [0, 0.05) is 46.6 Å². The minimum absolute atomic E-state index is 0. The quantitative estimate of drug-likeness (QED) is 0.171. The Morgan fingerprint density at radius 3 is 1.31 bits per heavy atom. The number of benzene rings is 2. The van der Waals surface area contributed by atoms with E-state index in [1.165, 1.54) is 73.5 Å². The maximum Gasteiger partial charge on any atom is 0.0725 e. The number of aryl methyl sites for hydroxylation is 2. The van der Waals surface area contributed by atoms with Crippen LogP contribution in [0.5, 0.6) is 0 Å². The molecule has 0 unspecified atom stereocenters. The second-order valence-electron chi connectivity index (χ2n) is 9.34. The molecule has 0 saturated heterocycles. The zero-order valence-corrected chi connectivity index (χ0v) is 23.2. The van der Waals surface area contributed by atoms with Gasteiger partial charge < -0.3 is 10.6 Å². The summed E-state index contributed by atoms with van der Waals surface area (Å²) in [4.78, 5) is 9.25. The Kier molecular flexibility index (Phi) is 12.8. The first-order valence-electron chi connectivity index (χ1n) is 12.9. The van der Waals surface area contributed by atoms with Crippen molar-refractivity contribution in [3.05, 3.63) is 72.1 Å². The fraction of sp³-hybridized carbons (Fsp3) is 0.400. The van der Waals surface area contributed by atoms with Crippen LogP contribution in [0, 0.1) is 13.8 Å². The maximum atomic E-state index is 4.63. The minimum atomic E-state index is 0. The molecule has 4 aromatic rings. The second-order valence-corrected chi connectivity index (χ2v) is 9.34. The summed E-state index contributed by atoms with van der Waals surface area (Å²) < 4.78 is 0. The van der Waals surface area contributed by atoms with E-state index in [2.05, 4.69) is 95.1 Å².